The van der Waals surface area contributed by atoms with Crippen molar-refractivity contribution >= 4 is 38.9 Å². The molecule has 0 aliphatic heterocycles. The number of halogens is 2. The molecule has 0 atom stereocenters. The maximum Gasteiger partial charge on any atom is 0.240 e. The Morgan fingerprint density at radius 1 is 1.19 bits per heavy atom. The van der Waals surface area contributed by atoms with Crippen molar-refractivity contribution in [2.24, 2.45) is 0 Å². The number of hydrogen-bond donors (Lipinski definition) is 1. The monoisotopic (exact) mass is 413 g/mol. The summed E-state index contributed by atoms with van der Waals surface area (Å²) in [6, 6.07) is 7.90. The van der Waals surface area contributed by atoms with Crippen LogP contribution in [-0.2, 0) is 16.4 Å². The Balaban J connectivity index is 1.66. The predicted molar refractivity (Wildman–Crippen MR) is 102 cm³/mol. The zero-order valence-corrected chi connectivity index (χ0v) is 16.3. The molecule has 2 aromatic heterocycles. The van der Waals surface area contributed by atoms with Crippen LogP contribution in [-0.4, -0.2) is 31.0 Å². The fourth-order valence-electron chi connectivity index (χ4n) is 2.47. The molecule has 0 unspecified atom stereocenters. The second-order valence-corrected chi connectivity index (χ2v) is 8.13. The van der Waals surface area contributed by atoms with E-state index in [1.54, 1.807) is 35.0 Å². The minimum Gasteiger partial charge on any atom is -0.494 e. The van der Waals surface area contributed by atoms with Crippen LogP contribution < -0.4 is 9.46 Å². The highest BCUT2D eigenvalue weighted by atomic mass is 35.5. The van der Waals surface area contributed by atoms with E-state index in [0.29, 0.717) is 40.2 Å². The molecule has 6 nitrogen and oxygen atoms in total. The Kier molecular flexibility index (Phi) is 5.72. The minimum atomic E-state index is -3.59. The molecular formula is C17H17Cl2N3O3S. The second-order valence-electron chi connectivity index (χ2n) is 5.52. The highest BCUT2D eigenvalue weighted by Crippen LogP contribution is 2.22. The van der Waals surface area contributed by atoms with Gasteiger partial charge in [-0.05, 0) is 37.3 Å². The molecular weight excluding hydrogens is 397 g/mol. The van der Waals surface area contributed by atoms with Crippen LogP contribution in [0.3, 0.4) is 0 Å². The Morgan fingerprint density at radius 3 is 2.62 bits per heavy atom. The van der Waals surface area contributed by atoms with E-state index in [1.165, 1.54) is 12.1 Å². The lowest BCUT2D eigenvalue weighted by molar-refractivity contribution is 0.340. The Labute approximate surface area is 161 Å². The highest BCUT2D eigenvalue weighted by molar-refractivity contribution is 7.89. The first-order valence-electron chi connectivity index (χ1n) is 7.94. The third kappa shape index (κ3) is 4.29. The minimum absolute atomic E-state index is 0.186. The van der Waals surface area contributed by atoms with Crippen molar-refractivity contribution in [2.75, 3.05) is 13.2 Å². The predicted octanol–water partition coefficient (Wildman–Crippen LogP) is 3.56. The van der Waals surface area contributed by atoms with Crippen molar-refractivity contribution in [1.82, 2.24) is 14.1 Å². The summed E-state index contributed by atoms with van der Waals surface area (Å²) in [5, 5.41) is 0.946. The van der Waals surface area contributed by atoms with Gasteiger partial charge in [-0.2, -0.15) is 0 Å². The summed E-state index contributed by atoms with van der Waals surface area (Å²) in [5.74, 6) is 0.631. The number of aromatic nitrogens is 2. The van der Waals surface area contributed by atoms with Gasteiger partial charge in [-0.15, -0.1) is 0 Å². The Hall–Kier alpha value is -1.80. The second kappa shape index (κ2) is 7.84. The molecule has 3 aromatic rings. The number of hydrogen-bond acceptors (Lipinski definition) is 4. The number of imidazole rings is 1. The SMILES string of the molecule is CCOc1ccc(S(=O)(=O)NCCc2cn3cc(Cl)cc(Cl)c3n2)cc1. The van der Waals surface area contributed by atoms with Gasteiger partial charge in [0.2, 0.25) is 10.0 Å². The zero-order chi connectivity index (χ0) is 18.7. The van der Waals surface area contributed by atoms with Gasteiger partial charge in [-0.3, -0.25) is 0 Å². The van der Waals surface area contributed by atoms with E-state index in [4.69, 9.17) is 27.9 Å². The molecule has 0 amide bonds. The van der Waals surface area contributed by atoms with Crippen LogP contribution in [0, 0.1) is 0 Å². The van der Waals surface area contributed by atoms with Gasteiger partial charge in [-0.1, -0.05) is 23.2 Å². The van der Waals surface area contributed by atoms with E-state index in [1.807, 2.05) is 6.92 Å². The van der Waals surface area contributed by atoms with Crippen molar-refractivity contribution in [3.63, 3.8) is 0 Å². The van der Waals surface area contributed by atoms with Gasteiger partial charge in [0.1, 0.15) is 5.75 Å². The molecule has 0 spiro atoms. The molecule has 0 bridgehead atoms. The van der Waals surface area contributed by atoms with Crippen LogP contribution in [0.1, 0.15) is 12.6 Å². The molecule has 26 heavy (non-hydrogen) atoms. The van der Waals surface area contributed by atoms with E-state index < -0.39 is 10.0 Å². The van der Waals surface area contributed by atoms with Gasteiger partial charge >= 0.3 is 0 Å². The average molecular weight is 414 g/mol. The summed E-state index contributed by atoms with van der Waals surface area (Å²) in [4.78, 5) is 4.58. The maximum atomic E-state index is 12.3. The molecule has 0 radical (unpaired) electrons. The summed E-state index contributed by atoms with van der Waals surface area (Å²) in [5.41, 5.74) is 1.30. The average Bonchev–Trinajstić information content (AvgIpc) is 2.98. The van der Waals surface area contributed by atoms with Crippen LogP contribution in [0.5, 0.6) is 5.75 Å². The number of benzene rings is 1. The molecule has 3 rings (SSSR count). The van der Waals surface area contributed by atoms with E-state index in [2.05, 4.69) is 9.71 Å². The summed E-state index contributed by atoms with van der Waals surface area (Å²) >= 11 is 12.1. The summed E-state index contributed by atoms with van der Waals surface area (Å²) in [6.07, 6.45) is 3.90. The normalized spacial score (nSPS) is 11.8. The molecule has 0 aliphatic carbocycles. The lowest BCUT2D eigenvalue weighted by Crippen LogP contribution is -2.26. The maximum absolute atomic E-state index is 12.3. The molecule has 1 N–H and O–H groups in total. The molecule has 0 saturated heterocycles. The molecule has 138 valence electrons. The van der Waals surface area contributed by atoms with Crippen LogP contribution in [0.2, 0.25) is 10.0 Å². The number of sulfonamides is 1. The smallest absolute Gasteiger partial charge is 0.240 e. The lowest BCUT2D eigenvalue weighted by atomic mass is 10.3. The van der Waals surface area contributed by atoms with E-state index >= 15 is 0 Å². The van der Waals surface area contributed by atoms with Crippen LogP contribution in [0.15, 0.2) is 47.6 Å². The third-order valence-electron chi connectivity index (χ3n) is 3.64. The quantitative estimate of drug-likeness (QED) is 0.642. The standard InChI is InChI=1S/C17H17Cl2N3O3S/c1-2-25-14-3-5-15(6-4-14)26(23,24)20-8-7-13-11-22-10-12(18)9-16(19)17(22)21-13/h3-6,9-11,20H,2,7-8H2,1H3. The van der Waals surface area contributed by atoms with E-state index in [9.17, 15) is 8.42 Å². The first-order valence-corrected chi connectivity index (χ1v) is 10.2. The highest BCUT2D eigenvalue weighted by Gasteiger charge is 2.14. The fraction of sp³-hybridized carbons (Fsp3) is 0.235. The number of nitrogens with one attached hydrogen (secondary N) is 1. The molecule has 2 heterocycles. The molecule has 0 saturated carbocycles. The number of ether oxygens (including phenoxy) is 1. The van der Waals surface area contributed by atoms with Crippen molar-refractivity contribution in [2.45, 2.75) is 18.2 Å². The summed E-state index contributed by atoms with van der Waals surface area (Å²) in [7, 11) is -3.59. The molecule has 0 aliphatic rings. The van der Waals surface area contributed by atoms with Gasteiger partial charge in [0, 0.05) is 25.4 Å². The van der Waals surface area contributed by atoms with Crippen molar-refractivity contribution in [3.05, 3.63) is 58.5 Å². The molecule has 1 aromatic carbocycles. The van der Waals surface area contributed by atoms with E-state index in [0.717, 1.165) is 0 Å². The number of fused-ring (bicyclic) bond motifs is 1. The molecule has 9 heteroatoms. The fourth-order valence-corrected chi connectivity index (χ4v) is 4.03. The van der Waals surface area contributed by atoms with Crippen molar-refractivity contribution in [1.29, 1.82) is 0 Å². The lowest BCUT2D eigenvalue weighted by Gasteiger charge is -2.07. The van der Waals surface area contributed by atoms with Crippen LogP contribution >= 0.6 is 23.2 Å². The number of pyridine rings is 1. The Morgan fingerprint density at radius 2 is 1.92 bits per heavy atom. The largest absolute Gasteiger partial charge is 0.494 e. The van der Waals surface area contributed by atoms with Gasteiger partial charge in [0.05, 0.1) is 27.2 Å². The van der Waals surface area contributed by atoms with Gasteiger partial charge in [-0.25, -0.2) is 18.1 Å². The summed E-state index contributed by atoms with van der Waals surface area (Å²) in [6.45, 7) is 2.61. The van der Waals surface area contributed by atoms with E-state index in [-0.39, 0.29) is 11.4 Å². The van der Waals surface area contributed by atoms with Crippen molar-refractivity contribution < 1.29 is 13.2 Å². The van der Waals surface area contributed by atoms with Gasteiger partial charge in [0.25, 0.3) is 0 Å². The first kappa shape index (κ1) is 19.0. The molecule has 0 fully saturated rings. The Bertz CT molecular complexity index is 1020. The van der Waals surface area contributed by atoms with Crippen LogP contribution in [0.25, 0.3) is 5.65 Å². The topological polar surface area (TPSA) is 72.7 Å². The third-order valence-corrected chi connectivity index (χ3v) is 5.60. The number of rotatable bonds is 7. The first-order chi connectivity index (χ1) is 12.4. The number of nitrogens with zero attached hydrogens (tertiary/aromatic N) is 2. The van der Waals surface area contributed by atoms with Crippen molar-refractivity contribution in [3.8, 4) is 5.75 Å². The summed E-state index contributed by atoms with van der Waals surface area (Å²) < 4.78 is 34.3. The van der Waals surface area contributed by atoms with Crippen LogP contribution in [0.4, 0.5) is 0 Å². The van der Waals surface area contributed by atoms with Gasteiger partial charge < -0.3 is 9.14 Å². The zero-order valence-electron chi connectivity index (χ0n) is 13.9. The van der Waals surface area contributed by atoms with Gasteiger partial charge in [0.15, 0.2) is 5.65 Å².